The van der Waals surface area contributed by atoms with E-state index in [1.54, 1.807) is 11.8 Å². The third-order valence-electron chi connectivity index (χ3n) is 2.58. The highest BCUT2D eigenvalue weighted by Gasteiger charge is 2.15. The van der Waals surface area contributed by atoms with Gasteiger partial charge < -0.3 is 15.2 Å². The molecule has 1 rings (SSSR count). The standard InChI is InChI=1S/C14H19NO4S/c1-10-3-5-11(6-4-10)20-8-7-13(17)15-9-12(16)14(18)19-2/h3-6,12,16H,7-9H2,1-2H3,(H,15,17). The molecule has 0 aliphatic carbocycles. The molecule has 5 nitrogen and oxygen atoms in total. The summed E-state index contributed by atoms with van der Waals surface area (Å²) in [5, 5.41) is 11.8. The Morgan fingerprint density at radius 1 is 1.35 bits per heavy atom. The maximum Gasteiger partial charge on any atom is 0.336 e. The lowest BCUT2D eigenvalue weighted by Gasteiger charge is -2.09. The summed E-state index contributed by atoms with van der Waals surface area (Å²) in [6.07, 6.45) is -0.986. The first-order valence-corrected chi connectivity index (χ1v) is 7.23. The van der Waals surface area contributed by atoms with Gasteiger partial charge in [0.25, 0.3) is 0 Å². The molecule has 0 aromatic heterocycles. The quantitative estimate of drug-likeness (QED) is 0.583. The van der Waals surface area contributed by atoms with Gasteiger partial charge in [-0.3, -0.25) is 4.79 Å². The molecule has 20 heavy (non-hydrogen) atoms. The van der Waals surface area contributed by atoms with E-state index in [2.05, 4.69) is 10.1 Å². The minimum Gasteiger partial charge on any atom is -0.467 e. The van der Waals surface area contributed by atoms with Crippen molar-refractivity contribution in [2.75, 3.05) is 19.4 Å². The number of carbonyl (C=O) groups is 2. The maximum absolute atomic E-state index is 11.5. The van der Waals surface area contributed by atoms with E-state index >= 15 is 0 Å². The van der Waals surface area contributed by atoms with Crippen LogP contribution in [0.2, 0.25) is 0 Å². The van der Waals surface area contributed by atoms with Crippen molar-refractivity contribution in [2.24, 2.45) is 0 Å². The van der Waals surface area contributed by atoms with Gasteiger partial charge in [-0.25, -0.2) is 4.79 Å². The third-order valence-corrected chi connectivity index (χ3v) is 3.60. The number of aryl methyl sites for hydroxylation is 1. The fourth-order valence-electron chi connectivity index (χ4n) is 1.41. The Balaban J connectivity index is 2.20. The fourth-order valence-corrected chi connectivity index (χ4v) is 2.27. The van der Waals surface area contributed by atoms with E-state index in [0.29, 0.717) is 12.2 Å². The lowest BCUT2D eigenvalue weighted by molar-refractivity contribution is -0.150. The van der Waals surface area contributed by atoms with Crippen molar-refractivity contribution < 1.29 is 19.4 Å². The van der Waals surface area contributed by atoms with Crippen LogP contribution in [0.5, 0.6) is 0 Å². The predicted molar refractivity (Wildman–Crippen MR) is 77.6 cm³/mol. The number of rotatable bonds is 7. The Bertz CT molecular complexity index is 447. The molecule has 1 amide bonds. The molecule has 2 N–H and O–H groups in total. The molecule has 0 aliphatic rings. The van der Waals surface area contributed by atoms with E-state index in [4.69, 9.17) is 0 Å². The van der Waals surface area contributed by atoms with Crippen LogP contribution < -0.4 is 5.32 Å². The monoisotopic (exact) mass is 297 g/mol. The zero-order chi connectivity index (χ0) is 15.0. The molecule has 0 fully saturated rings. The molecule has 0 bridgehead atoms. The number of methoxy groups -OCH3 is 1. The van der Waals surface area contributed by atoms with Gasteiger partial charge in [0, 0.05) is 17.1 Å². The van der Waals surface area contributed by atoms with Crippen LogP contribution in [0.15, 0.2) is 29.2 Å². The van der Waals surface area contributed by atoms with Gasteiger partial charge in [0.15, 0.2) is 6.10 Å². The van der Waals surface area contributed by atoms with Gasteiger partial charge in [-0.1, -0.05) is 17.7 Å². The van der Waals surface area contributed by atoms with Crippen LogP contribution in [-0.2, 0) is 14.3 Å². The molecule has 1 aromatic rings. The zero-order valence-electron chi connectivity index (χ0n) is 11.6. The number of thioether (sulfide) groups is 1. The van der Waals surface area contributed by atoms with E-state index in [1.165, 1.54) is 12.7 Å². The van der Waals surface area contributed by atoms with Gasteiger partial charge in [0.1, 0.15) is 0 Å². The summed E-state index contributed by atoms with van der Waals surface area (Å²) >= 11 is 1.59. The summed E-state index contributed by atoms with van der Waals surface area (Å²) in [5.41, 5.74) is 1.20. The number of hydrogen-bond acceptors (Lipinski definition) is 5. The Morgan fingerprint density at radius 2 is 2.00 bits per heavy atom. The lowest BCUT2D eigenvalue weighted by atomic mass is 10.2. The highest BCUT2D eigenvalue weighted by atomic mass is 32.2. The van der Waals surface area contributed by atoms with Crippen molar-refractivity contribution in [3.63, 3.8) is 0 Å². The second-order valence-corrected chi connectivity index (χ2v) is 5.42. The minimum absolute atomic E-state index is 0.124. The van der Waals surface area contributed by atoms with Crippen LogP contribution >= 0.6 is 11.8 Å². The van der Waals surface area contributed by atoms with Gasteiger partial charge in [-0.2, -0.15) is 0 Å². The van der Waals surface area contributed by atoms with Gasteiger partial charge in [0.05, 0.1) is 13.7 Å². The van der Waals surface area contributed by atoms with Crippen LogP contribution in [0, 0.1) is 6.92 Å². The summed E-state index contributed by atoms with van der Waals surface area (Å²) in [5.74, 6) is -0.310. The number of aliphatic hydroxyl groups excluding tert-OH is 1. The van der Waals surface area contributed by atoms with Gasteiger partial charge in [-0.05, 0) is 19.1 Å². The van der Waals surface area contributed by atoms with E-state index < -0.39 is 12.1 Å². The molecule has 1 atom stereocenters. The molecule has 0 aliphatic heterocycles. The van der Waals surface area contributed by atoms with Crippen LogP contribution in [-0.4, -0.2) is 42.5 Å². The SMILES string of the molecule is COC(=O)C(O)CNC(=O)CCSc1ccc(C)cc1. The summed E-state index contributed by atoms with van der Waals surface area (Å²) in [4.78, 5) is 23.5. The smallest absolute Gasteiger partial charge is 0.336 e. The first kappa shape index (κ1) is 16.5. The molecule has 6 heteroatoms. The first-order valence-electron chi connectivity index (χ1n) is 6.25. The molecule has 0 saturated heterocycles. The fraction of sp³-hybridized carbons (Fsp3) is 0.429. The number of esters is 1. The molecule has 1 unspecified atom stereocenters. The number of hydrogen-bond donors (Lipinski definition) is 2. The maximum atomic E-state index is 11.5. The van der Waals surface area contributed by atoms with Gasteiger partial charge >= 0.3 is 5.97 Å². The number of amides is 1. The van der Waals surface area contributed by atoms with E-state index in [1.807, 2.05) is 31.2 Å². The van der Waals surface area contributed by atoms with Crippen molar-refractivity contribution >= 4 is 23.6 Å². The number of ether oxygens (including phenoxy) is 1. The lowest BCUT2D eigenvalue weighted by Crippen LogP contribution is -2.37. The molecule has 0 heterocycles. The average molecular weight is 297 g/mol. The van der Waals surface area contributed by atoms with E-state index in [9.17, 15) is 14.7 Å². The molecule has 0 saturated carbocycles. The normalized spacial score (nSPS) is 11.8. The van der Waals surface area contributed by atoms with E-state index in [0.717, 1.165) is 4.90 Å². The van der Waals surface area contributed by atoms with Gasteiger partial charge in [-0.15, -0.1) is 11.8 Å². The van der Waals surface area contributed by atoms with Crippen LogP contribution in [0.4, 0.5) is 0 Å². The summed E-state index contributed by atoms with van der Waals surface area (Å²) < 4.78 is 4.35. The van der Waals surface area contributed by atoms with Crippen LogP contribution in [0.3, 0.4) is 0 Å². The second kappa shape index (κ2) is 8.60. The van der Waals surface area contributed by atoms with Crippen molar-refractivity contribution in [3.05, 3.63) is 29.8 Å². The summed E-state index contributed by atoms with van der Waals surface area (Å²) in [7, 11) is 1.19. The number of benzene rings is 1. The average Bonchev–Trinajstić information content (AvgIpc) is 2.46. The first-order chi connectivity index (χ1) is 9.52. The largest absolute Gasteiger partial charge is 0.467 e. The summed E-state index contributed by atoms with van der Waals surface area (Å²) in [6.45, 7) is 1.90. The molecule has 1 aromatic carbocycles. The van der Waals surface area contributed by atoms with Crippen molar-refractivity contribution in [1.82, 2.24) is 5.32 Å². The second-order valence-electron chi connectivity index (χ2n) is 4.25. The number of nitrogens with one attached hydrogen (secondary N) is 1. The number of carbonyl (C=O) groups excluding carboxylic acids is 2. The molecule has 0 spiro atoms. The summed E-state index contributed by atoms with van der Waals surface area (Å²) in [6, 6.07) is 8.07. The Labute approximate surface area is 122 Å². The Morgan fingerprint density at radius 3 is 2.60 bits per heavy atom. The highest BCUT2D eigenvalue weighted by molar-refractivity contribution is 7.99. The zero-order valence-corrected chi connectivity index (χ0v) is 12.4. The molecular formula is C14H19NO4S. The van der Waals surface area contributed by atoms with Gasteiger partial charge in [0.2, 0.25) is 5.91 Å². The van der Waals surface area contributed by atoms with Crippen LogP contribution in [0.1, 0.15) is 12.0 Å². The highest BCUT2D eigenvalue weighted by Crippen LogP contribution is 2.18. The van der Waals surface area contributed by atoms with Crippen LogP contribution in [0.25, 0.3) is 0 Å². The number of aliphatic hydroxyl groups is 1. The minimum atomic E-state index is -1.31. The van der Waals surface area contributed by atoms with E-state index in [-0.39, 0.29) is 12.5 Å². The molecule has 110 valence electrons. The third kappa shape index (κ3) is 6.08. The predicted octanol–water partition coefficient (Wildman–Crippen LogP) is 1.13. The van der Waals surface area contributed by atoms with Crippen molar-refractivity contribution in [3.8, 4) is 0 Å². The molecular weight excluding hydrogens is 278 g/mol. The van der Waals surface area contributed by atoms with Crippen molar-refractivity contribution in [1.29, 1.82) is 0 Å². The Hall–Kier alpha value is -1.53. The molecule has 0 radical (unpaired) electrons. The van der Waals surface area contributed by atoms with Crippen molar-refractivity contribution in [2.45, 2.75) is 24.3 Å². The Kier molecular flexibility index (Phi) is 7.11. The topological polar surface area (TPSA) is 75.6 Å².